The van der Waals surface area contributed by atoms with Crippen LogP contribution in [0.4, 0.5) is 18.9 Å². The summed E-state index contributed by atoms with van der Waals surface area (Å²) in [5.74, 6) is -7.62. The van der Waals surface area contributed by atoms with E-state index >= 15 is 0 Å². The second kappa shape index (κ2) is 10.4. The van der Waals surface area contributed by atoms with Gasteiger partial charge in [0.15, 0.2) is 23.6 Å². The third-order valence-corrected chi connectivity index (χ3v) is 6.04. The van der Waals surface area contributed by atoms with E-state index in [2.05, 4.69) is 5.32 Å². The number of benzene rings is 2. The van der Waals surface area contributed by atoms with Gasteiger partial charge in [0.2, 0.25) is 15.9 Å². The predicted molar refractivity (Wildman–Crippen MR) is 110 cm³/mol. The molecule has 0 fully saturated rings. The smallest absolute Gasteiger partial charge is 0.338 e. The molecule has 0 heterocycles. The van der Waals surface area contributed by atoms with Crippen LogP contribution in [-0.2, 0) is 24.3 Å². The fourth-order valence-electron chi connectivity index (χ4n) is 2.40. The Morgan fingerprint density at radius 2 is 1.73 bits per heavy atom. The molecule has 9 nitrogen and oxygen atoms in total. The summed E-state index contributed by atoms with van der Waals surface area (Å²) in [5.41, 5.74) is -0.746. The van der Waals surface area contributed by atoms with Gasteiger partial charge in [-0.2, -0.15) is 0 Å². The zero-order chi connectivity index (χ0) is 24.9. The van der Waals surface area contributed by atoms with Crippen LogP contribution in [0.2, 0.25) is 0 Å². The molecule has 33 heavy (non-hydrogen) atoms. The fraction of sp³-hybridized carbons (Fsp3) is 0.250. The first kappa shape index (κ1) is 25.8. The molecule has 2 amide bonds. The lowest BCUT2D eigenvalue weighted by molar-refractivity contribution is -0.130. The number of amides is 2. The van der Waals surface area contributed by atoms with Crippen LogP contribution in [0, 0.1) is 17.5 Å². The van der Waals surface area contributed by atoms with Gasteiger partial charge in [-0.25, -0.2) is 30.7 Å². The molecule has 1 atom stereocenters. The highest BCUT2D eigenvalue weighted by molar-refractivity contribution is 7.89. The number of anilines is 1. The van der Waals surface area contributed by atoms with Crippen molar-refractivity contribution in [3.8, 4) is 0 Å². The standard InChI is InChI=1S/C20H20F3N3O6S/c1-11(32-20(29)12-5-4-6-13(9-12)33(30,31)26(2)3)19(28)24-10-16(27)25-15-8-7-14(21)17(22)18(15)23/h4-9,11H,10H2,1-3H3,(H,24,28)(H,25,27). The van der Waals surface area contributed by atoms with E-state index in [9.17, 15) is 36.0 Å². The van der Waals surface area contributed by atoms with Crippen molar-refractivity contribution in [3.05, 3.63) is 59.4 Å². The molecule has 0 aliphatic rings. The average Bonchev–Trinajstić information content (AvgIpc) is 2.77. The Kier molecular flexibility index (Phi) is 8.17. The van der Waals surface area contributed by atoms with Crippen LogP contribution in [0.3, 0.4) is 0 Å². The van der Waals surface area contributed by atoms with Gasteiger partial charge < -0.3 is 15.4 Å². The summed E-state index contributed by atoms with van der Waals surface area (Å²) in [5, 5.41) is 4.10. The topological polar surface area (TPSA) is 122 Å². The molecular formula is C20H20F3N3O6S. The van der Waals surface area contributed by atoms with Crippen LogP contribution in [-0.4, -0.2) is 57.3 Å². The van der Waals surface area contributed by atoms with Gasteiger partial charge in [0.05, 0.1) is 22.7 Å². The summed E-state index contributed by atoms with van der Waals surface area (Å²) >= 11 is 0. The molecule has 178 valence electrons. The molecular weight excluding hydrogens is 467 g/mol. The van der Waals surface area contributed by atoms with Crippen LogP contribution < -0.4 is 10.6 Å². The second-order valence-electron chi connectivity index (χ2n) is 6.85. The van der Waals surface area contributed by atoms with Crippen LogP contribution in [0.25, 0.3) is 0 Å². The van der Waals surface area contributed by atoms with Crippen LogP contribution in [0.5, 0.6) is 0 Å². The quantitative estimate of drug-likeness (QED) is 0.432. The SMILES string of the molecule is CC(OC(=O)c1cccc(S(=O)(=O)N(C)C)c1)C(=O)NCC(=O)Nc1ccc(F)c(F)c1F. The Balaban J connectivity index is 1.95. The maximum absolute atomic E-state index is 13.6. The lowest BCUT2D eigenvalue weighted by Crippen LogP contribution is -2.40. The van der Waals surface area contributed by atoms with E-state index in [4.69, 9.17) is 4.74 Å². The van der Waals surface area contributed by atoms with E-state index < -0.39 is 63.6 Å². The van der Waals surface area contributed by atoms with E-state index in [1.807, 2.05) is 5.32 Å². The summed E-state index contributed by atoms with van der Waals surface area (Å²) in [4.78, 5) is 36.1. The monoisotopic (exact) mass is 487 g/mol. The molecule has 1 unspecified atom stereocenters. The van der Waals surface area contributed by atoms with Crippen molar-refractivity contribution in [2.75, 3.05) is 26.0 Å². The Morgan fingerprint density at radius 1 is 1.06 bits per heavy atom. The number of ether oxygens (including phenoxy) is 1. The van der Waals surface area contributed by atoms with Crippen molar-refractivity contribution < 1.29 is 40.7 Å². The Hall–Kier alpha value is -3.45. The zero-order valence-corrected chi connectivity index (χ0v) is 18.5. The molecule has 13 heteroatoms. The average molecular weight is 487 g/mol. The molecule has 0 aromatic heterocycles. The molecule has 0 aliphatic heterocycles. The largest absolute Gasteiger partial charge is 0.449 e. The Labute approximate surface area is 187 Å². The Morgan fingerprint density at radius 3 is 2.36 bits per heavy atom. The van der Waals surface area contributed by atoms with Crippen molar-refractivity contribution in [3.63, 3.8) is 0 Å². The maximum Gasteiger partial charge on any atom is 0.338 e. The number of hydrogen-bond acceptors (Lipinski definition) is 6. The second-order valence-corrected chi connectivity index (χ2v) is 9.00. The van der Waals surface area contributed by atoms with Crippen LogP contribution in [0.15, 0.2) is 41.3 Å². The summed E-state index contributed by atoms with van der Waals surface area (Å²) in [6, 6.07) is 6.43. The number of carbonyl (C=O) groups excluding carboxylic acids is 3. The van der Waals surface area contributed by atoms with E-state index in [0.29, 0.717) is 6.07 Å². The number of hydrogen-bond donors (Lipinski definition) is 2. The van der Waals surface area contributed by atoms with Crippen LogP contribution in [0.1, 0.15) is 17.3 Å². The number of nitrogens with one attached hydrogen (secondary N) is 2. The van der Waals surface area contributed by atoms with Crippen molar-refractivity contribution in [2.45, 2.75) is 17.9 Å². The van der Waals surface area contributed by atoms with E-state index in [0.717, 1.165) is 16.4 Å². The van der Waals surface area contributed by atoms with Crippen molar-refractivity contribution in [1.29, 1.82) is 0 Å². The van der Waals surface area contributed by atoms with Gasteiger partial charge in [-0.3, -0.25) is 9.59 Å². The maximum atomic E-state index is 13.6. The minimum absolute atomic E-state index is 0.121. The zero-order valence-electron chi connectivity index (χ0n) is 17.7. The fourth-order valence-corrected chi connectivity index (χ4v) is 3.35. The lowest BCUT2D eigenvalue weighted by atomic mass is 10.2. The highest BCUT2D eigenvalue weighted by Gasteiger charge is 2.23. The highest BCUT2D eigenvalue weighted by atomic mass is 32.2. The van der Waals surface area contributed by atoms with Crippen molar-refractivity contribution in [2.24, 2.45) is 0 Å². The predicted octanol–water partition coefficient (Wildman–Crippen LogP) is 1.65. The number of esters is 1. The number of carbonyl (C=O) groups is 3. The van der Waals surface area contributed by atoms with Crippen molar-refractivity contribution >= 4 is 33.5 Å². The van der Waals surface area contributed by atoms with Gasteiger partial charge in [0, 0.05) is 14.1 Å². The molecule has 0 saturated carbocycles. The third kappa shape index (κ3) is 6.29. The van der Waals surface area contributed by atoms with E-state index in [-0.39, 0.29) is 10.5 Å². The first-order valence-electron chi connectivity index (χ1n) is 9.29. The number of halogens is 3. The van der Waals surface area contributed by atoms with Gasteiger partial charge in [-0.05, 0) is 37.3 Å². The molecule has 0 radical (unpaired) electrons. The summed E-state index contributed by atoms with van der Waals surface area (Å²) in [7, 11) is -1.15. The van der Waals surface area contributed by atoms with Gasteiger partial charge in [0.1, 0.15) is 0 Å². The molecule has 0 aliphatic carbocycles. The number of sulfonamides is 1. The molecule has 0 bridgehead atoms. The van der Waals surface area contributed by atoms with Gasteiger partial charge in [0.25, 0.3) is 5.91 Å². The minimum atomic E-state index is -3.80. The first-order valence-corrected chi connectivity index (χ1v) is 10.7. The molecule has 2 aromatic rings. The summed E-state index contributed by atoms with van der Waals surface area (Å²) < 4.78 is 70.0. The molecule has 0 saturated heterocycles. The van der Waals surface area contributed by atoms with Gasteiger partial charge in [-0.15, -0.1) is 0 Å². The third-order valence-electron chi connectivity index (χ3n) is 4.23. The van der Waals surface area contributed by atoms with E-state index in [1.54, 1.807) is 0 Å². The lowest BCUT2D eigenvalue weighted by Gasteiger charge is -2.15. The molecule has 2 N–H and O–H groups in total. The van der Waals surface area contributed by atoms with Crippen LogP contribution >= 0.6 is 0 Å². The number of nitrogens with zero attached hydrogens (tertiary/aromatic N) is 1. The van der Waals surface area contributed by atoms with Gasteiger partial charge in [-0.1, -0.05) is 6.07 Å². The van der Waals surface area contributed by atoms with E-state index in [1.165, 1.54) is 39.2 Å². The van der Waals surface area contributed by atoms with Crippen molar-refractivity contribution in [1.82, 2.24) is 9.62 Å². The molecule has 2 rings (SSSR count). The molecule has 0 spiro atoms. The summed E-state index contributed by atoms with van der Waals surface area (Å²) in [6.45, 7) is 0.524. The highest BCUT2D eigenvalue weighted by Crippen LogP contribution is 2.19. The summed E-state index contributed by atoms with van der Waals surface area (Å²) in [6.07, 6.45) is -1.38. The van der Waals surface area contributed by atoms with Gasteiger partial charge >= 0.3 is 5.97 Å². The minimum Gasteiger partial charge on any atom is -0.449 e. The number of rotatable bonds is 8. The molecule has 2 aromatic carbocycles. The Bertz CT molecular complexity index is 1190. The normalized spacial score (nSPS) is 12.2. The first-order chi connectivity index (χ1) is 15.3.